The summed E-state index contributed by atoms with van der Waals surface area (Å²) in [5.74, 6) is 0.544. The van der Waals surface area contributed by atoms with Gasteiger partial charge in [0.1, 0.15) is 6.61 Å². The minimum Gasteiger partial charge on any atom is -0.481 e. The highest BCUT2D eigenvalue weighted by molar-refractivity contribution is 5.78. The molecule has 0 spiro atoms. The fourth-order valence-corrected chi connectivity index (χ4v) is 3.88. The zero-order chi connectivity index (χ0) is 22.3. The predicted octanol–water partition coefficient (Wildman–Crippen LogP) is 2.98. The zero-order valence-electron chi connectivity index (χ0n) is 18.1. The van der Waals surface area contributed by atoms with Crippen LogP contribution >= 0.6 is 0 Å². The van der Waals surface area contributed by atoms with Crippen molar-refractivity contribution in [1.29, 1.82) is 0 Å². The molecule has 0 saturated carbocycles. The summed E-state index contributed by atoms with van der Waals surface area (Å²) < 4.78 is 16.5. The van der Waals surface area contributed by atoms with E-state index in [2.05, 4.69) is 15.3 Å². The summed E-state index contributed by atoms with van der Waals surface area (Å²) in [7, 11) is 1.59. The summed E-state index contributed by atoms with van der Waals surface area (Å²) in [6, 6.07) is 14.9. The quantitative estimate of drug-likeness (QED) is 0.586. The van der Waals surface area contributed by atoms with Gasteiger partial charge in [0, 0.05) is 18.3 Å². The summed E-state index contributed by atoms with van der Waals surface area (Å²) >= 11 is 0. The minimum atomic E-state index is -0.437. The van der Waals surface area contributed by atoms with Crippen molar-refractivity contribution in [2.45, 2.75) is 44.1 Å². The second-order valence-corrected chi connectivity index (χ2v) is 7.91. The maximum atomic E-state index is 12.1. The number of carbonyl (C=O) groups is 1. The smallest absolute Gasteiger partial charge is 0.407 e. The van der Waals surface area contributed by atoms with Gasteiger partial charge in [0.25, 0.3) is 0 Å². The lowest BCUT2D eigenvalue weighted by Crippen LogP contribution is -2.48. The van der Waals surface area contributed by atoms with E-state index in [9.17, 15) is 4.79 Å². The van der Waals surface area contributed by atoms with E-state index in [1.54, 1.807) is 19.4 Å². The van der Waals surface area contributed by atoms with Gasteiger partial charge >= 0.3 is 6.09 Å². The average molecular weight is 437 g/mol. The summed E-state index contributed by atoms with van der Waals surface area (Å²) in [5, 5.41) is 2.88. The van der Waals surface area contributed by atoms with Crippen LogP contribution in [-0.4, -0.2) is 48.0 Å². The number of ether oxygens (including phenoxy) is 3. The van der Waals surface area contributed by atoms with Crippen LogP contribution in [0.2, 0.25) is 0 Å². The molecule has 1 amide bonds. The Bertz CT molecular complexity index is 1040. The first-order chi connectivity index (χ1) is 15.6. The molecular formula is C24H28N4O4. The molecule has 3 aromatic rings. The Morgan fingerprint density at radius 2 is 2.06 bits per heavy atom. The molecule has 1 aliphatic rings. The highest BCUT2D eigenvalue weighted by Crippen LogP contribution is 2.22. The van der Waals surface area contributed by atoms with E-state index in [-0.39, 0.29) is 24.8 Å². The predicted molar refractivity (Wildman–Crippen MR) is 120 cm³/mol. The minimum absolute atomic E-state index is 0.0885. The number of amides is 1. The second-order valence-electron chi connectivity index (χ2n) is 7.91. The molecule has 4 rings (SSSR count). The molecule has 0 unspecified atom stereocenters. The Morgan fingerprint density at radius 3 is 2.81 bits per heavy atom. The Kier molecular flexibility index (Phi) is 7.14. The van der Waals surface area contributed by atoms with Crippen LogP contribution in [0.25, 0.3) is 11.0 Å². The van der Waals surface area contributed by atoms with Crippen molar-refractivity contribution in [2.24, 2.45) is 5.73 Å². The fraction of sp³-hybridized carbons (Fsp3) is 0.375. The largest absolute Gasteiger partial charge is 0.481 e. The Labute approximate surface area is 187 Å². The molecule has 1 saturated heterocycles. The highest BCUT2D eigenvalue weighted by Gasteiger charge is 2.28. The van der Waals surface area contributed by atoms with E-state index in [1.165, 1.54) is 0 Å². The molecule has 1 fully saturated rings. The maximum Gasteiger partial charge on any atom is 0.407 e. The van der Waals surface area contributed by atoms with E-state index in [1.807, 2.05) is 42.5 Å². The van der Waals surface area contributed by atoms with Crippen molar-refractivity contribution in [1.82, 2.24) is 15.3 Å². The number of rotatable bonds is 7. The van der Waals surface area contributed by atoms with Crippen LogP contribution in [0.4, 0.5) is 4.79 Å². The zero-order valence-corrected chi connectivity index (χ0v) is 18.1. The summed E-state index contributed by atoms with van der Waals surface area (Å²) in [5.41, 5.74) is 10.0. The third kappa shape index (κ3) is 5.52. The van der Waals surface area contributed by atoms with Crippen LogP contribution in [0, 0.1) is 0 Å². The van der Waals surface area contributed by atoms with E-state index < -0.39 is 6.09 Å². The van der Waals surface area contributed by atoms with Gasteiger partial charge in [-0.05, 0) is 42.5 Å². The molecule has 3 N–H and O–H groups in total. The summed E-state index contributed by atoms with van der Waals surface area (Å²) in [6.07, 6.45) is 3.38. The van der Waals surface area contributed by atoms with Crippen LogP contribution < -0.4 is 15.8 Å². The van der Waals surface area contributed by atoms with E-state index in [0.717, 1.165) is 35.0 Å². The molecule has 3 heterocycles. The van der Waals surface area contributed by atoms with Gasteiger partial charge in [0.2, 0.25) is 5.88 Å². The molecule has 8 heteroatoms. The average Bonchev–Trinajstić information content (AvgIpc) is 2.84. The van der Waals surface area contributed by atoms with Crippen LogP contribution in [0.5, 0.6) is 5.88 Å². The fourth-order valence-electron chi connectivity index (χ4n) is 3.88. The van der Waals surface area contributed by atoms with E-state index in [4.69, 9.17) is 19.9 Å². The van der Waals surface area contributed by atoms with Gasteiger partial charge in [-0.1, -0.05) is 30.3 Å². The van der Waals surface area contributed by atoms with E-state index in [0.29, 0.717) is 18.9 Å². The number of aromatic nitrogens is 2. The van der Waals surface area contributed by atoms with Gasteiger partial charge in [-0.15, -0.1) is 0 Å². The molecule has 0 aliphatic carbocycles. The van der Waals surface area contributed by atoms with Gasteiger partial charge in [-0.25, -0.2) is 9.78 Å². The Balaban J connectivity index is 1.27. The summed E-state index contributed by atoms with van der Waals surface area (Å²) in [6.45, 7) is 0.647. The standard InChI is InChI=1S/C24H28N4O4/c1-30-22-10-8-20-23(28-22)17(11-12-26-20)13-19(25)21-9-7-18(15-31-21)27-24(29)32-14-16-5-3-2-4-6-16/h2-6,8,10-12,18-19,21H,7,9,13-15,25H2,1H3,(H,27,29)/t18-,19+,21+/m1/s1. The van der Waals surface area contributed by atoms with Gasteiger partial charge < -0.3 is 25.3 Å². The number of carbonyl (C=O) groups excluding carboxylic acids is 1. The third-order valence-corrected chi connectivity index (χ3v) is 5.63. The van der Waals surface area contributed by atoms with E-state index >= 15 is 0 Å². The Morgan fingerprint density at radius 1 is 1.22 bits per heavy atom. The van der Waals surface area contributed by atoms with Gasteiger partial charge in [0.15, 0.2) is 0 Å². The maximum absolute atomic E-state index is 12.1. The molecule has 32 heavy (non-hydrogen) atoms. The van der Waals surface area contributed by atoms with Crippen molar-refractivity contribution in [3.63, 3.8) is 0 Å². The number of pyridine rings is 2. The molecule has 168 valence electrons. The molecule has 1 aromatic carbocycles. The molecule has 2 aromatic heterocycles. The number of hydrogen-bond donors (Lipinski definition) is 2. The van der Waals surface area contributed by atoms with Crippen molar-refractivity contribution >= 4 is 17.1 Å². The molecule has 0 bridgehead atoms. The van der Waals surface area contributed by atoms with Crippen molar-refractivity contribution in [2.75, 3.05) is 13.7 Å². The lowest BCUT2D eigenvalue weighted by atomic mass is 9.95. The number of alkyl carbamates (subject to hydrolysis) is 1. The number of hydrogen-bond acceptors (Lipinski definition) is 7. The van der Waals surface area contributed by atoms with Crippen LogP contribution in [0.15, 0.2) is 54.7 Å². The second kappa shape index (κ2) is 10.4. The van der Waals surface area contributed by atoms with Crippen molar-refractivity contribution in [3.05, 3.63) is 65.9 Å². The molecule has 8 nitrogen and oxygen atoms in total. The van der Waals surface area contributed by atoms with Crippen LogP contribution in [0.3, 0.4) is 0 Å². The SMILES string of the molecule is COc1ccc2nccc(C[C@H](N)[C@@H]3CC[C@@H](NC(=O)OCc4ccccc4)CO3)c2n1. The lowest BCUT2D eigenvalue weighted by Gasteiger charge is -2.32. The van der Waals surface area contributed by atoms with Crippen molar-refractivity contribution in [3.8, 4) is 5.88 Å². The topological polar surface area (TPSA) is 109 Å². The summed E-state index contributed by atoms with van der Waals surface area (Å²) in [4.78, 5) is 21.0. The lowest BCUT2D eigenvalue weighted by molar-refractivity contribution is -0.0164. The highest BCUT2D eigenvalue weighted by atomic mass is 16.5. The first-order valence-electron chi connectivity index (χ1n) is 10.8. The monoisotopic (exact) mass is 436 g/mol. The number of nitrogens with zero attached hydrogens (tertiary/aromatic N) is 2. The number of benzene rings is 1. The molecule has 1 aliphatic heterocycles. The van der Waals surface area contributed by atoms with Crippen molar-refractivity contribution < 1.29 is 19.0 Å². The van der Waals surface area contributed by atoms with Gasteiger partial charge in [-0.2, -0.15) is 0 Å². The Hall–Kier alpha value is -3.23. The number of methoxy groups -OCH3 is 1. The number of fused-ring (bicyclic) bond motifs is 1. The first kappa shape index (κ1) is 22.0. The number of nitrogens with one attached hydrogen (secondary N) is 1. The molecule has 3 atom stereocenters. The third-order valence-electron chi connectivity index (χ3n) is 5.63. The molecule has 0 radical (unpaired) electrons. The van der Waals surface area contributed by atoms with Crippen LogP contribution in [0.1, 0.15) is 24.0 Å². The first-order valence-corrected chi connectivity index (χ1v) is 10.8. The van der Waals surface area contributed by atoms with Gasteiger partial charge in [0.05, 0.1) is 36.9 Å². The number of nitrogens with two attached hydrogens (primary N) is 1. The normalized spacial score (nSPS) is 19.3. The van der Waals surface area contributed by atoms with Crippen LogP contribution in [-0.2, 0) is 22.5 Å². The molecular weight excluding hydrogens is 408 g/mol. The van der Waals surface area contributed by atoms with Gasteiger partial charge in [-0.3, -0.25) is 4.98 Å².